The lowest BCUT2D eigenvalue weighted by atomic mass is 10.2. The van der Waals surface area contributed by atoms with E-state index in [1.54, 1.807) is 32.2 Å². The van der Waals surface area contributed by atoms with Crippen molar-refractivity contribution in [1.82, 2.24) is 9.78 Å². The van der Waals surface area contributed by atoms with Crippen LogP contribution in [0, 0.1) is 6.92 Å². The summed E-state index contributed by atoms with van der Waals surface area (Å²) in [5.41, 5.74) is 6.31. The molecule has 0 amide bonds. The molecule has 0 aliphatic carbocycles. The average Bonchev–Trinajstić information content (AvgIpc) is 2.79. The van der Waals surface area contributed by atoms with Crippen LogP contribution in [0.3, 0.4) is 0 Å². The molecule has 4 N–H and O–H groups in total. The van der Waals surface area contributed by atoms with Gasteiger partial charge in [-0.2, -0.15) is 5.10 Å². The smallest absolute Gasteiger partial charge is 0.263 e. The zero-order valence-corrected chi connectivity index (χ0v) is 12.3. The van der Waals surface area contributed by atoms with Gasteiger partial charge in [0.15, 0.2) is 5.84 Å². The van der Waals surface area contributed by atoms with Crippen molar-refractivity contribution in [2.45, 2.75) is 11.8 Å². The van der Waals surface area contributed by atoms with Crippen molar-refractivity contribution in [3.63, 3.8) is 0 Å². The summed E-state index contributed by atoms with van der Waals surface area (Å²) in [6.07, 6.45) is 1.31. The minimum absolute atomic E-state index is 0.119. The first kappa shape index (κ1) is 14.9. The number of hydrogen-bond acceptors (Lipinski definition) is 5. The van der Waals surface area contributed by atoms with Crippen LogP contribution in [0.25, 0.3) is 0 Å². The van der Waals surface area contributed by atoms with Crippen LogP contribution in [0.15, 0.2) is 40.5 Å². The molecule has 0 unspecified atom stereocenters. The highest BCUT2D eigenvalue weighted by molar-refractivity contribution is 7.92. The Morgan fingerprint density at radius 3 is 2.71 bits per heavy atom. The van der Waals surface area contributed by atoms with Crippen LogP contribution >= 0.6 is 0 Å². The number of anilines is 1. The van der Waals surface area contributed by atoms with Gasteiger partial charge in [-0.1, -0.05) is 23.4 Å². The second-order valence-corrected chi connectivity index (χ2v) is 6.04. The van der Waals surface area contributed by atoms with E-state index in [0.717, 1.165) is 0 Å². The van der Waals surface area contributed by atoms with E-state index in [9.17, 15) is 8.42 Å². The molecule has 0 radical (unpaired) electrons. The third-order valence-electron chi connectivity index (χ3n) is 2.94. The van der Waals surface area contributed by atoms with Crippen molar-refractivity contribution in [1.29, 1.82) is 0 Å². The van der Waals surface area contributed by atoms with Crippen LogP contribution in [0.1, 0.15) is 11.1 Å². The average molecular weight is 309 g/mol. The molecule has 1 aromatic heterocycles. The van der Waals surface area contributed by atoms with E-state index >= 15 is 0 Å². The fourth-order valence-corrected chi connectivity index (χ4v) is 3.20. The molecule has 1 heterocycles. The number of nitrogens with one attached hydrogen (secondary N) is 1. The first-order chi connectivity index (χ1) is 9.86. The zero-order chi connectivity index (χ0) is 15.6. The van der Waals surface area contributed by atoms with Crippen LogP contribution in [0.2, 0.25) is 0 Å². The van der Waals surface area contributed by atoms with Crippen molar-refractivity contribution in [2.24, 2.45) is 17.9 Å². The summed E-state index contributed by atoms with van der Waals surface area (Å²) in [6.45, 7) is 1.70. The number of hydrogen-bond donors (Lipinski definition) is 3. The van der Waals surface area contributed by atoms with E-state index in [2.05, 4.69) is 15.0 Å². The van der Waals surface area contributed by atoms with E-state index in [1.807, 2.05) is 0 Å². The maximum absolute atomic E-state index is 12.4. The number of nitrogens with zero attached hydrogens (tertiary/aromatic N) is 3. The highest BCUT2D eigenvalue weighted by Gasteiger charge is 2.21. The molecular weight excluding hydrogens is 294 g/mol. The second kappa shape index (κ2) is 5.44. The van der Waals surface area contributed by atoms with Gasteiger partial charge in [0.05, 0.1) is 16.7 Å². The highest BCUT2D eigenvalue weighted by Crippen LogP contribution is 2.21. The SMILES string of the molecule is Cc1ccccc1S(=O)(=O)Nc1c(C(N)=NO)cnn1C. The summed E-state index contributed by atoms with van der Waals surface area (Å²) in [6, 6.07) is 6.58. The molecule has 2 rings (SSSR count). The number of amidine groups is 1. The molecule has 0 aliphatic rings. The van der Waals surface area contributed by atoms with Gasteiger partial charge in [-0.15, -0.1) is 0 Å². The molecular formula is C12H15N5O3S. The maximum Gasteiger partial charge on any atom is 0.263 e. The summed E-state index contributed by atoms with van der Waals surface area (Å²) in [5.74, 6) is -0.112. The second-order valence-electron chi connectivity index (χ2n) is 4.39. The lowest BCUT2D eigenvalue weighted by Gasteiger charge is -2.11. The van der Waals surface area contributed by atoms with Gasteiger partial charge < -0.3 is 10.9 Å². The van der Waals surface area contributed by atoms with E-state index < -0.39 is 10.0 Å². The molecule has 1 aromatic carbocycles. The van der Waals surface area contributed by atoms with E-state index in [4.69, 9.17) is 10.9 Å². The lowest BCUT2D eigenvalue weighted by molar-refractivity contribution is 0.318. The van der Waals surface area contributed by atoms with Crippen LogP contribution in [0.5, 0.6) is 0 Å². The molecule has 2 aromatic rings. The minimum atomic E-state index is -3.80. The molecule has 8 nitrogen and oxygen atoms in total. The van der Waals surface area contributed by atoms with Gasteiger partial charge >= 0.3 is 0 Å². The summed E-state index contributed by atoms with van der Waals surface area (Å²) in [4.78, 5) is 0.150. The Bertz CT molecular complexity index is 795. The fraction of sp³-hybridized carbons (Fsp3) is 0.167. The number of oxime groups is 1. The van der Waals surface area contributed by atoms with Gasteiger partial charge in [0.25, 0.3) is 10.0 Å². The number of rotatable bonds is 4. The van der Waals surface area contributed by atoms with E-state index in [-0.39, 0.29) is 22.1 Å². The molecule has 0 bridgehead atoms. The van der Waals surface area contributed by atoms with Crippen LogP contribution in [-0.2, 0) is 17.1 Å². The standard InChI is InChI=1S/C12H15N5O3S/c1-8-5-3-4-6-10(8)21(19,20)16-12-9(11(13)15-18)7-14-17(12)2/h3-7,16,18H,1-2H3,(H2,13,15). The van der Waals surface area contributed by atoms with Crippen LogP contribution in [0.4, 0.5) is 5.82 Å². The number of nitrogens with two attached hydrogens (primary N) is 1. The van der Waals surface area contributed by atoms with Gasteiger partial charge in [0.1, 0.15) is 5.82 Å². The molecule has 0 aliphatic heterocycles. The summed E-state index contributed by atoms with van der Waals surface area (Å²) in [7, 11) is -2.26. The number of aryl methyl sites for hydroxylation is 2. The molecule has 9 heteroatoms. The quantitative estimate of drug-likeness (QED) is 0.331. The van der Waals surface area contributed by atoms with Gasteiger partial charge in [0.2, 0.25) is 0 Å². The van der Waals surface area contributed by atoms with Gasteiger partial charge in [0, 0.05) is 7.05 Å². The van der Waals surface area contributed by atoms with Crippen molar-refractivity contribution in [2.75, 3.05) is 4.72 Å². The third kappa shape index (κ3) is 2.82. The van der Waals surface area contributed by atoms with Crippen molar-refractivity contribution < 1.29 is 13.6 Å². The summed E-state index contributed by atoms with van der Waals surface area (Å²) >= 11 is 0. The fourth-order valence-electron chi connectivity index (χ4n) is 1.84. The Kier molecular flexibility index (Phi) is 3.85. The first-order valence-corrected chi connectivity index (χ1v) is 7.43. The number of sulfonamides is 1. The molecule has 0 saturated carbocycles. The van der Waals surface area contributed by atoms with Crippen LogP contribution in [-0.4, -0.2) is 29.2 Å². The van der Waals surface area contributed by atoms with E-state index in [0.29, 0.717) is 5.56 Å². The molecule has 112 valence electrons. The van der Waals surface area contributed by atoms with Gasteiger partial charge in [-0.25, -0.2) is 8.42 Å². The van der Waals surface area contributed by atoms with Gasteiger partial charge in [-0.05, 0) is 18.6 Å². The monoisotopic (exact) mass is 309 g/mol. The lowest BCUT2D eigenvalue weighted by Crippen LogP contribution is -2.20. The number of benzene rings is 1. The Balaban J connectivity index is 2.48. The largest absolute Gasteiger partial charge is 0.409 e. The maximum atomic E-state index is 12.4. The van der Waals surface area contributed by atoms with Crippen molar-refractivity contribution in [3.05, 3.63) is 41.6 Å². The Morgan fingerprint density at radius 1 is 1.43 bits per heavy atom. The van der Waals surface area contributed by atoms with Gasteiger partial charge in [-0.3, -0.25) is 9.40 Å². The predicted molar refractivity (Wildman–Crippen MR) is 77.7 cm³/mol. The summed E-state index contributed by atoms with van der Waals surface area (Å²) < 4.78 is 28.6. The normalized spacial score (nSPS) is 12.4. The minimum Gasteiger partial charge on any atom is -0.409 e. The Hall–Kier alpha value is -2.55. The molecule has 0 fully saturated rings. The number of aromatic nitrogens is 2. The predicted octanol–water partition coefficient (Wildman–Crippen LogP) is 0.624. The third-order valence-corrected chi connectivity index (χ3v) is 4.44. The zero-order valence-electron chi connectivity index (χ0n) is 11.5. The van der Waals surface area contributed by atoms with E-state index in [1.165, 1.54) is 16.9 Å². The molecule has 21 heavy (non-hydrogen) atoms. The molecule has 0 atom stereocenters. The first-order valence-electron chi connectivity index (χ1n) is 5.95. The molecule has 0 saturated heterocycles. The van der Waals surface area contributed by atoms with Crippen molar-refractivity contribution in [3.8, 4) is 0 Å². The molecule has 0 spiro atoms. The Labute approximate surface area is 121 Å². The summed E-state index contributed by atoms with van der Waals surface area (Å²) in [5, 5.41) is 15.5. The van der Waals surface area contributed by atoms with Crippen molar-refractivity contribution >= 4 is 21.7 Å². The Morgan fingerprint density at radius 2 is 2.10 bits per heavy atom. The highest BCUT2D eigenvalue weighted by atomic mass is 32.2. The topological polar surface area (TPSA) is 123 Å². The van der Waals surface area contributed by atoms with Crippen LogP contribution < -0.4 is 10.5 Å².